The van der Waals surface area contributed by atoms with Gasteiger partial charge >= 0.3 is 5.97 Å². The zero-order chi connectivity index (χ0) is 13.4. The van der Waals surface area contributed by atoms with E-state index in [4.69, 9.17) is 5.11 Å². The van der Waals surface area contributed by atoms with Crippen LogP contribution in [-0.4, -0.2) is 16.2 Å². The average Bonchev–Trinajstić information content (AvgIpc) is 2.27. The standard InChI is InChI=1S/C15H18O3/c1-8(2)14-12-7-10(15(17)18)4-5-11(12)9(3)6-13(14)16/h6-8,16H,4-5H2,1-3H3,(H,17,18). The van der Waals surface area contributed by atoms with Gasteiger partial charge in [0.25, 0.3) is 0 Å². The van der Waals surface area contributed by atoms with Crippen molar-refractivity contribution in [2.75, 3.05) is 0 Å². The van der Waals surface area contributed by atoms with E-state index in [-0.39, 0.29) is 11.7 Å². The maximum Gasteiger partial charge on any atom is 0.331 e. The first kappa shape index (κ1) is 12.7. The molecule has 2 rings (SSSR count). The minimum absolute atomic E-state index is 0.170. The highest BCUT2D eigenvalue weighted by Crippen LogP contribution is 2.38. The number of carboxylic acids is 1. The number of fused-ring (bicyclic) bond motifs is 1. The van der Waals surface area contributed by atoms with E-state index in [0.717, 1.165) is 23.1 Å². The van der Waals surface area contributed by atoms with E-state index < -0.39 is 5.97 Å². The SMILES string of the molecule is Cc1cc(O)c(C(C)C)c2c1CCC(C(=O)O)=C2. The number of aromatic hydroxyl groups is 1. The molecule has 0 aromatic heterocycles. The van der Waals surface area contributed by atoms with E-state index in [2.05, 4.69) is 0 Å². The first-order valence-electron chi connectivity index (χ1n) is 6.21. The smallest absolute Gasteiger partial charge is 0.331 e. The van der Waals surface area contributed by atoms with Gasteiger partial charge in [0, 0.05) is 11.1 Å². The monoisotopic (exact) mass is 246 g/mol. The van der Waals surface area contributed by atoms with Crippen LogP contribution in [0.3, 0.4) is 0 Å². The fourth-order valence-electron chi connectivity index (χ4n) is 2.66. The topological polar surface area (TPSA) is 57.5 Å². The predicted molar refractivity (Wildman–Crippen MR) is 70.9 cm³/mol. The molecule has 3 nitrogen and oxygen atoms in total. The molecule has 1 aromatic carbocycles. The second kappa shape index (κ2) is 4.48. The maximum atomic E-state index is 11.1. The molecule has 96 valence electrons. The Labute approximate surface area is 107 Å². The zero-order valence-corrected chi connectivity index (χ0v) is 10.9. The van der Waals surface area contributed by atoms with Crippen molar-refractivity contribution in [2.45, 2.75) is 39.5 Å². The molecule has 0 fully saturated rings. The molecule has 0 radical (unpaired) electrons. The summed E-state index contributed by atoms with van der Waals surface area (Å²) in [5.41, 5.74) is 4.39. The molecule has 0 heterocycles. The molecule has 2 N–H and O–H groups in total. The van der Waals surface area contributed by atoms with Crippen LogP contribution < -0.4 is 0 Å². The van der Waals surface area contributed by atoms with Gasteiger partial charge in [-0.05, 0) is 54.5 Å². The highest BCUT2D eigenvalue weighted by Gasteiger charge is 2.22. The summed E-state index contributed by atoms with van der Waals surface area (Å²) in [6, 6.07) is 1.79. The van der Waals surface area contributed by atoms with Crippen molar-refractivity contribution in [3.05, 3.63) is 33.9 Å². The Kier molecular flexibility index (Phi) is 3.16. The zero-order valence-electron chi connectivity index (χ0n) is 10.9. The Morgan fingerprint density at radius 1 is 1.33 bits per heavy atom. The van der Waals surface area contributed by atoms with Gasteiger partial charge < -0.3 is 10.2 Å². The van der Waals surface area contributed by atoms with Crippen LogP contribution >= 0.6 is 0 Å². The van der Waals surface area contributed by atoms with E-state index in [1.807, 2.05) is 20.8 Å². The highest BCUT2D eigenvalue weighted by molar-refractivity contribution is 5.94. The molecule has 0 spiro atoms. The summed E-state index contributed by atoms with van der Waals surface area (Å²) in [6.45, 7) is 5.98. The molecule has 0 unspecified atom stereocenters. The molecule has 3 heteroatoms. The number of phenols is 1. The highest BCUT2D eigenvalue weighted by atomic mass is 16.4. The van der Waals surface area contributed by atoms with Crippen LogP contribution in [-0.2, 0) is 11.2 Å². The second-order valence-corrected chi connectivity index (χ2v) is 5.15. The van der Waals surface area contributed by atoms with Crippen molar-refractivity contribution < 1.29 is 15.0 Å². The van der Waals surface area contributed by atoms with E-state index >= 15 is 0 Å². The van der Waals surface area contributed by atoms with E-state index in [0.29, 0.717) is 12.0 Å². The summed E-state index contributed by atoms with van der Waals surface area (Å²) in [5, 5.41) is 19.2. The van der Waals surface area contributed by atoms with Gasteiger partial charge in [0.15, 0.2) is 0 Å². The fraction of sp³-hybridized carbons (Fsp3) is 0.400. The molecule has 0 amide bonds. The number of rotatable bonds is 2. The lowest BCUT2D eigenvalue weighted by Gasteiger charge is -2.22. The van der Waals surface area contributed by atoms with Crippen molar-refractivity contribution >= 4 is 12.0 Å². The molecule has 0 bridgehead atoms. The van der Waals surface area contributed by atoms with Gasteiger partial charge in [0.05, 0.1) is 0 Å². The van der Waals surface area contributed by atoms with E-state index in [1.165, 1.54) is 5.56 Å². The van der Waals surface area contributed by atoms with Crippen LogP contribution in [0.15, 0.2) is 11.6 Å². The van der Waals surface area contributed by atoms with Crippen molar-refractivity contribution in [3.63, 3.8) is 0 Å². The summed E-state index contributed by atoms with van der Waals surface area (Å²) in [4.78, 5) is 11.1. The van der Waals surface area contributed by atoms with Crippen LogP contribution in [0, 0.1) is 6.92 Å². The fourth-order valence-corrected chi connectivity index (χ4v) is 2.66. The average molecular weight is 246 g/mol. The van der Waals surface area contributed by atoms with Gasteiger partial charge in [0.2, 0.25) is 0 Å². The quantitative estimate of drug-likeness (QED) is 0.842. The molecule has 0 saturated heterocycles. The molecule has 0 saturated carbocycles. The number of hydrogen-bond donors (Lipinski definition) is 2. The van der Waals surface area contributed by atoms with Gasteiger partial charge in [-0.1, -0.05) is 13.8 Å². The van der Waals surface area contributed by atoms with Crippen molar-refractivity contribution in [3.8, 4) is 5.75 Å². The number of hydrogen-bond acceptors (Lipinski definition) is 2. The van der Waals surface area contributed by atoms with Gasteiger partial charge in [-0.15, -0.1) is 0 Å². The normalized spacial score (nSPS) is 14.3. The summed E-state index contributed by atoms with van der Waals surface area (Å²) in [6.07, 6.45) is 3.02. The minimum Gasteiger partial charge on any atom is -0.508 e. The van der Waals surface area contributed by atoms with Crippen LogP contribution in [0.4, 0.5) is 0 Å². The van der Waals surface area contributed by atoms with Crippen molar-refractivity contribution in [1.29, 1.82) is 0 Å². The molecule has 18 heavy (non-hydrogen) atoms. The minimum atomic E-state index is -0.864. The molecule has 0 atom stereocenters. The Morgan fingerprint density at radius 3 is 2.56 bits per heavy atom. The molecular formula is C15H18O3. The Hall–Kier alpha value is -1.77. The summed E-state index contributed by atoms with van der Waals surface area (Å²) in [5.74, 6) is -0.427. The molecular weight excluding hydrogens is 228 g/mol. The van der Waals surface area contributed by atoms with E-state index in [1.54, 1.807) is 12.1 Å². The lowest BCUT2D eigenvalue weighted by molar-refractivity contribution is -0.132. The van der Waals surface area contributed by atoms with Crippen LogP contribution in [0.5, 0.6) is 5.75 Å². The van der Waals surface area contributed by atoms with Gasteiger partial charge in [0.1, 0.15) is 5.75 Å². The number of benzene rings is 1. The Balaban J connectivity index is 2.70. The Bertz CT molecular complexity index is 539. The third kappa shape index (κ3) is 2.01. The largest absolute Gasteiger partial charge is 0.508 e. The predicted octanol–water partition coefficient (Wildman–Crippen LogP) is 3.24. The molecule has 1 aliphatic rings. The van der Waals surface area contributed by atoms with Crippen LogP contribution in [0.1, 0.15) is 48.4 Å². The van der Waals surface area contributed by atoms with Crippen molar-refractivity contribution in [1.82, 2.24) is 0 Å². The number of aryl methyl sites for hydroxylation is 1. The van der Waals surface area contributed by atoms with Crippen molar-refractivity contribution in [2.24, 2.45) is 0 Å². The first-order valence-corrected chi connectivity index (χ1v) is 6.21. The third-order valence-corrected chi connectivity index (χ3v) is 3.54. The summed E-state index contributed by atoms with van der Waals surface area (Å²) >= 11 is 0. The number of aliphatic carboxylic acids is 1. The Morgan fingerprint density at radius 2 is 2.00 bits per heavy atom. The maximum absolute atomic E-state index is 11.1. The van der Waals surface area contributed by atoms with Crippen LogP contribution in [0.25, 0.3) is 6.08 Å². The molecule has 0 aliphatic heterocycles. The lowest BCUT2D eigenvalue weighted by Crippen LogP contribution is -2.11. The number of carboxylic acid groups (broad SMARTS) is 1. The number of carbonyl (C=O) groups is 1. The van der Waals surface area contributed by atoms with Gasteiger partial charge in [-0.3, -0.25) is 0 Å². The number of phenolic OH excluding ortho intramolecular Hbond substituents is 1. The summed E-state index contributed by atoms with van der Waals surface area (Å²) < 4.78 is 0. The lowest BCUT2D eigenvalue weighted by atomic mass is 9.83. The van der Waals surface area contributed by atoms with Gasteiger partial charge in [-0.2, -0.15) is 0 Å². The van der Waals surface area contributed by atoms with Gasteiger partial charge in [-0.25, -0.2) is 4.79 Å². The van der Waals surface area contributed by atoms with E-state index in [9.17, 15) is 9.90 Å². The first-order chi connectivity index (χ1) is 8.41. The molecule has 1 aliphatic carbocycles. The van der Waals surface area contributed by atoms with Crippen LogP contribution in [0.2, 0.25) is 0 Å². The second-order valence-electron chi connectivity index (χ2n) is 5.15. The summed E-state index contributed by atoms with van der Waals surface area (Å²) in [7, 11) is 0. The third-order valence-electron chi connectivity index (χ3n) is 3.54. The molecule has 1 aromatic rings.